The number of anilines is 1. The van der Waals surface area contributed by atoms with Crippen LogP contribution in [0.3, 0.4) is 0 Å². The third-order valence-corrected chi connectivity index (χ3v) is 5.10. The summed E-state index contributed by atoms with van der Waals surface area (Å²) in [5.41, 5.74) is 5.81. The molecule has 3 N–H and O–H groups in total. The number of halogens is 2. The van der Waals surface area contributed by atoms with Gasteiger partial charge < -0.3 is 10.8 Å². The number of benzene rings is 1. The first-order valence-corrected chi connectivity index (χ1v) is 7.32. The van der Waals surface area contributed by atoms with Gasteiger partial charge in [-0.2, -0.15) is 0 Å². The minimum atomic E-state index is -3.79. The molecular formula is C10H14Cl2N2O3S. The fourth-order valence-corrected chi connectivity index (χ4v) is 3.78. The number of rotatable bonds is 5. The molecule has 0 aliphatic heterocycles. The van der Waals surface area contributed by atoms with Crippen molar-refractivity contribution in [1.82, 2.24) is 4.31 Å². The molecule has 8 heteroatoms. The summed E-state index contributed by atoms with van der Waals surface area (Å²) >= 11 is 11.8. The maximum Gasteiger partial charge on any atom is 0.245 e. The first-order valence-electron chi connectivity index (χ1n) is 5.12. The fourth-order valence-electron chi connectivity index (χ4n) is 1.40. The fraction of sp³-hybridized carbons (Fsp3) is 0.400. The highest BCUT2D eigenvalue weighted by molar-refractivity contribution is 7.89. The highest BCUT2D eigenvalue weighted by atomic mass is 35.5. The second-order valence-electron chi connectivity index (χ2n) is 3.72. The van der Waals surface area contributed by atoms with Crippen LogP contribution in [0.2, 0.25) is 10.0 Å². The van der Waals surface area contributed by atoms with Crippen LogP contribution in [0.4, 0.5) is 5.69 Å². The Hall–Kier alpha value is -0.530. The molecule has 0 aliphatic rings. The molecule has 0 amide bonds. The standard InChI is InChI=1S/C10H14Cl2N2O3S/c1-14(3-2-4-15)18(16,17)10-8(11)5-7(13)6-9(10)12/h5-6,15H,2-4,13H2,1H3. The molecule has 1 aromatic carbocycles. The third kappa shape index (κ3) is 3.27. The largest absolute Gasteiger partial charge is 0.399 e. The number of nitrogens with zero attached hydrogens (tertiary/aromatic N) is 1. The Morgan fingerprint density at radius 2 is 1.83 bits per heavy atom. The van der Waals surface area contributed by atoms with Gasteiger partial charge in [-0.3, -0.25) is 0 Å². The molecule has 18 heavy (non-hydrogen) atoms. The minimum absolute atomic E-state index is 0.0177. The van der Waals surface area contributed by atoms with Gasteiger partial charge in [0.25, 0.3) is 0 Å². The lowest BCUT2D eigenvalue weighted by molar-refractivity contribution is 0.275. The lowest BCUT2D eigenvalue weighted by Crippen LogP contribution is -2.29. The molecule has 1 aromatic rings. The molecule has 0 spiro atoms. The average Bonchev–Trinajstić information content (AvgIpc) is 2.23. The Morgan fingerprint density at radius 3 is 2.28 bits per heavy atom. The monoisotopic (exact) mass is 312 g/mol. The number of aliphatic hydroxyl groups is 1. The zero-order chi connectivity index (χ0) is 13.9. The minimum Gasteiger partial charge on any atom is -0.399 e. The molecule has 102 valence electrons. The smallest absolute Gasteiger partial charge is 0.245 e. The third-order valence-electron chi connectivity index (χ3n) is 2.32. The first kappa shape index (κ1) is 15.5. The van der Waals surface area contributed by atoms with Crippen molar-refractivity contribution in [1.29, 1.82) is 0 Å². The average molecular weight is 313 g/mol. The molecule has 0 radical (unpaired) electrons. The van der Waals surface area contributed by atoms with E-state index in [1.807, 2.05) is 0 Å². The molecule has 0 bridgehead atoms. The Balaban J connectivity index is 3.20. The van der Waals surface area contributed by atoms with Crippen molar-refractivity contribution in [2.75, 3.05) is 25.9 Å². The van der Waals surface area contributed by atoms with Crippen molar-refractivity contribution in [2.24, 2.45) is 0 Å². The summed E-state index contributed by atoms with van der Waals surface area (Å²) < 4.78 is 25.5. The van der Waals surface area contributed by atoms with Crippen molar-refractivity contribution < 1.29 is 13.5 Å². The van der Waals surface area contributed by atoms with Crippen molar-refractivity contribution in [2.45, 2.75) is 11.3 Å². The van der Waals surface area contributed by atoms with Gasteiger partial charge >= 0.3 is 0 Å². The Labute approximate surface area is 116 Å². The molecule has 0 aromatic heterocycles. The van der Waals surface area contributed by atoms with Gasteiger partial charge in [-0.05, 0) is 18.6 Å². The predicted molar refractivity (Wildman–Crippen MR) is 72.4 cm³/mol. The van der Waals surface area contributed by atoms with Crippen LogP contribution in [0.5, 0.6) is 0 Å². The van der Waals surface area contributed by atoms with Crippen molar-refractivity contribution in [3.8, 4) is 0 Å². The van der Waals surface area contributed by atoms with E-state index in [1.54, 1.807) is 0 Å². The number of hydrogen-bond acceptors (Lipinski definition) is 4. The Kier molecular flexibility index (Phi) is 5.24. The zero-order valence-corrected chi connectivity index (χ0v) is 12.1. The highest BCUT2D eigenvalue weighted by Gasteiger charge is 2.26. The molecule has 0 heterocycles. The highest BCUT2D eigenvalue weighted by Crippen LogP contribution is 2.33. The molecule has 0 saturated carbocycles. The van der Waals surface area contributed by atoms with Gasteiger partial charge in [-0.25, -0.2) is 12.7 Å². The van der Waals surface area contributed by atoms with E-state index in [9.17, 15) is 8.42 Å². The van der Waals surface area contributed by atoms with E-state index in [2.05, 4.69) is 0 Å². The van der Waals surface area contributed by atoms with Gasteiger partial charge in [0, 0.05) is 25.9 Å². The molecule has 1 rings (SSSR count). The van der Waals surface area contributed by atoms with E-state index in [-0.39, 0.29) is 28.1 Å². The topological polar surface area (TPSA) is 83.6 Å². The van der Waals surface area contributed by atoms with Crippen molar-refractivity contribution >= 4 is 38.9 Å². The summed E-state index contributed by atoms with van der Waals surface area (Å²) in [4.78, 5) is -0.166. The first-order chi connectivity index (χ1) is 8.30. The lowest BCUT2D eigenvalue weighted by Gasteiger charge is -2.18. The van der Waals surface area contributed by atoms with E-state index in [4.69, 9.17) is 34.0 Å². The maximum atomic E-state index is 12.2. The Morgan fingerprint density at radius 1 is 1.33 bits per heavy atom. The summed E-state index contributed by atoms with van der Waals surface area (Å²) in [6.07, 6.45) is 0.333. The second kappa shape index (κ2) is 6.08. The van der Waals surface area contributed by atoms with Crippen LogP contribution in [0.25, 0.3) is 0 Å². The van der Waals surface area contributed by atoms with Crippen LogP contribution in [0.15, 0.2) is 17.0 Å². The van der Waals surface area contributed by atoms with E-state index < -0.39 is 10.0 Å². The van der Waals surface area contributed by atoms with Crippen LogP contribution in [-0.2, 0) is 10.0 Å². The lowest BCUT2D eigenvalue weighted by atomic mass is 10.3. The number of nitrogen functional groups attached to an aromatic ring is 1. The summed E-state index contributed by atoms with van der Waals surface area (Å²) in [6.45, 7) is 0.0823. The van der Waals surface area contributed by atoms with E-state index in [0.29, 0.717) is 12.1 Å². The quantitative estimate of drug-likeness (QED) is 0.808. The van der Waals surface area contributed by atoms with Crippen LogP contribution >= 0.6 is 23.2 Å². The molecule has 0 fully saturated rings. The normalized spacial score (nSPS) is 12.1. The van der Waals surface area contributed by atoms with E-state index in [0.717, 1.165) is 4.31 Å². The van der Waals surface area contributed by atoms with Gasteiger partial charge in [-0.1, -0.05) is 23.2 Å². The summed E-state index contributed by atoms with van der Waals surface area (Å²) in [5, 5.41) is 8.67. The predicted octanol–water partition coefficient (Wildman–Crippen LogP) is 1.58. The number of sulfonamides is 1. The van der Waals surface area contributed by atoms with Gasteiger partial charge in [0.15, 0.2) is 0 Å². The molecule has 0 saturated heterocycles. The molecule has 0 aliphatic carbocycles. The number of hydrogen-bond donors (Lipinski definition) is 2. The van der Waals surface area contributed by atoms with Gasteiger partial charge in [0.05, 0.1) is 10.0 Å². The van der Waals surface area contributed by atoms with Gasteiger partial charge in [0.2, 0.25) is 10.0 Å². The maximum absolute atomic E-state index is 12.2. The molecule has 5 nitrogen and oxygen atoms in total. The number of aliphatic hydroxyl groups excluding tert-OH is 1. The van der Waals surface area contributed by atoms with E-state index in [1.165, 1.54) is 19.2 Å². The van der Waals surface area contributed by atoms with Crippen LogP contribution in [-0.4, -0.2) is 38.0 Å². The van der Waals surface area contributed by atoms with Crippen molar-refractivity contribution in [3.63, 3.8) is 0 Å². The zero-order valence-electron chi connectivity index (χ0n) is 9.73. The van der Waals surface area contributed by atoms with Crippen LogP contribution in [0.1, 0.15) is 6.42 Å². The van der Waals surface area contributed by atoms with Gasteiger partial charge in [0.1, 0.15) is 4.90 Å². The Bertz CT molecular complexity index is 511. The summed E-state index contributed by atoms with van der Waals surface area (Å²) in [6, 6.07) is 2.67. The van der Waals surface area contributed by atoms with Crippen LogP contribution in [0, 0.1) is 0 Å². The second-order valence-corrected chi connectivity index (χ2v) is 6.51. The van der Waals surface area contributed by atoms with Crippen molar-refractivity contribution in [3.05, 3.63) is 22.2 Å². The van der Waals surface area contributed by atoms with Crippen LogP contribution < -0.4 is 5.73 Å². The van der Waals surface area contributed by atoms with Gasteiger partial charge in [-0.15, -0.1) is 0 Å². The summed E-state index contributed by atoms with van der Waals surface area (Å²) in [7, 11) is -2.39. The SMILES string of the molecule is CN(CCCO)S(=O)(=O)c1c(Cl)cc(N)cc1Cl. The molecular weight excluding hydrogens is 299 g/mol. The summed E-state index contributed by atoms with van der Waals surface area (Å²) in [5.74, 6) is 0. The number of nitrogens with two attached hydrogens (primary N) is 1. The van der Waals surface area contributed by atoms with E-state index >= 15 is 0 Å². The molecule has 0 atom stereocenters. The molecule has 0 unspecified atom stereocenters.